The second-order valence-electron chi connectivity index (χ2n) is 3.36. The van der Waals surface area contributed by atoms with Crippen molar-refractivity contribution in [3.63, 3.8) is 0 Å². The number of H-pyrrole nitrogens is 1. The van der Waals surface area contributed by atoms with Gasteiger partial charge in [-0.3, -0.25) is 0 Å². The van der Waals surface area contributed by atoms with Crippen LogP contribution in [0.5, 0.6) is 0 Å². The van der Waals surface area contributed by atoms with Crippen LogP contribution >= 0.6 is 0 Å². The fourth-order valence-electron chi connectivity index (χ4n) is 1.64. The maximum Gasteiger partial charge on any atom is 0.366 e. The lowest BCUT2D eigenvalue weighted by molar-refractivity contribution is -0.388. The Labute approximate surface area is 80.0 Å². The third-order valence-electron chi connectivity index (χ3n) is 2.35. The summed E-state index contributed by atoms with van der Waals surface area (Å²) < 4.78 is 0. The van der Waals surface area contributed by atoms with Crippen LogP contribution in [0.15, 0.2) is 6.20 Å². The SMILES string of the molecule is NC1CCN(c2cn[nH]c2[N+](=O)[O-])C1. The first kappa shape index (κ1) is 8.95. The highest BCUT2D eigenvalue weighted by Crippen LogP contribution is 2.27. The Kier molecular flexibility index (Phi) is 2.08. The fourth-order valence-corrected chi connectivity index (χ4v) is 1.64. The molecule has 0 amide bonds. The molecule has 7 heteroatoms. The molecule has 0 aliphatic carbocycles. The second-order valence-corrected chi connectivity index (χ2v) is 3.36. The molecule has 2 heterocycles. The van der Waals surface area contributed by atoms with Crippen molar-refractivity contribution in [2.24, 2.45) is 5.73 Å². The van der Waals surface area contributed by atoms with Gasteiger partial charge in [-0.15, -0.1) is 5.10 Å². The average Bonchev–Trinajstić information content (AvgIpc) is 2.70. The highest BCUT2D eigenvalue weighted by Gasteiger charge is 2.26. The number of hydrogen-bond donors (Lipinski definition) is 2. The molecule has 1 unspecified atom stereocenters. The molecule has 0 saturated carbocycles. The highest BCUT2D eigenvalue weighted by atomic mass is 16.6. The van der Waals surface area contributed by atoms with Crippen molar-refractivity contribution in [3.05, 3.63) is 16.3 Å². The summed E-state index contributed by atoms with van der Waals surface area (Å²) in [6.07, 6.45) is 2.33. The van der Waals surface area contributed by atoms with Gasteiger partial charge in [-0.05, 0) is 11.3 Å². The summed E-state index contributed by atoms with van der Waals surface area (Å²) in [5.41, 5.74) is 6.25. The number of hydrogen-bond acceptors (Lipinski definition) is 5. The largest absolute Gasteiger partial charge is 0.366 e. The van der Waals surface area contributed by atoms with Crippen LogP contribution in [0.25, 0.3) is 0 Å². The van der Waals surface area contributed by atoms with E-state index in [-0.39, 0.29) is 11.9 Å². The first-order valence-electron chi connectivity index (χ1n) is 4.37. The highest BCUT2D eigenvalue weighted by molar-refractivity contribution is 5.58. The minimum atomic E-state index is -0.466. The molecule has 0 spiro atoms. The summed E-state index contributed by atoms with van der Waals surface area (Å²) in [6, 6.07) is 0.101. The van der Waals surface area contributed by atoms with Crippen LogP contribution in [-0.4, -0.2) is 34.3 Å². The Morgan fingerprint density at radius 3 is 3.14 bits per heavy atom. The zero-order chi connectivity index (χ0) is 10.1. The summed E-state index contributed by atoms with van der Waals surface area (Å²) in [7, 11) is 0. The van der Waals surface area contributed by atoms with Gasteiger partial charge in [0.2, 0.25) is 0 Å². The van der Waals surface area contributed by atoms with Crippen molar-refractivity contribution in [1.82, 2.24) is 10.2 Å². The molecule has 1 atom stereocenters. The molecule has 7 nitrogen and oxygen atoms in total. The monoisotopic (exact) mass is 197 g/mol. The van der Waals surface area contributed by atoms with E-state index in [1.54, 1.807) is 0 Å². The van der Waals surface area contributed by atoms with E-state index in [4.69, 9.17) is 5.73 Å². The van der Waals surface area contributed by atoms with Crippen molar-refractivity contribution in [2.45, 2.75) is 12.5 Å². The van der Waals surface area contributed by atoms with Gasteiger partial charge in [-0.2, -0.15) is 0 Å². The summed E-state index contributed by atoms with van der Waals surface area (Å²) in [5.74, 6) is -0.0564. The normalized spacial score (nSPS) is 21.5. The van der Waals surface area contributed by atoms with Gasteiger partial charge < -0.3 is 20.7 Å². The van der Waals surface area contributed by atoms with Crippen LogP contribution in [-0.2, 0) is 0 Å². The topological polar surface area (TPSA) is 101 Å². The van der Waals surface area contributed by atoms with Crippen LogP contribution in [0, 0.1) is 10.1 Å². The molecule has 1 aromatic heterocycles. The van der Waals surface area contributed by atoms with Gasteiger partial charge in [0.25, 0.3) is 0 Å². The summed E-state index contributed by atoms with van der Waals surface area (Å²) in [4.78, 5) is 12.0. The maximum atomic E-state index is 10.6. The number of rotatable bonds is 2. The van der Waals surface area contributed by atoms with Crippen molar-refractivity contribution >= 4 is 11.5 Å². The molecule has 1 aliphatic rings. The number of nitro groups is 1. The number of nitrogens with zero attached hydrogens (tertiary/aromatic N) is 3. The Hall–Kier alpha value is -1.63. The Balaban J connectivity index is 2.23. The van der Waals surface area contributed by atoms with Crippen molar-refractivity contribution in [1.29, 1.82) is 0 Å². The van der Waals surface area contributed by atoms with Crippen molar-refractivity contribution in [2.75, 3.05) is 18.0 Å². The first-order valence-corrected chi connectivity index (χ1v) is 4.37. The molecule has 14 heavy (non-hydrogen) atoms. The standard InChI is InChI=1S/C7H11N5O2/c8-5-1-2-11(4-5)6-3-9-10-7(6)12(13)14/h3,5H,1-2,4,8H2,(H,9,10). The zero-order valence-corrected chi connectivity index (χ0v) is 7.51. The Morgan fingerprint density at radius 1 is 1.79 bits per heavy atom. The molecule has 0 bridgehead atoms. The minimum Gasteiger partial charge on any atom is -0.362 e. The van der Waals surface area contributed by atoms with E-state index in [1.807, 2.05) is 4.90 Å². The Morgan fingerprint density at radius 2 is 2.57 bits per heavy atom. The Bertz CT molecular complexity index is 350. The summed E-state index contributed by atoms with van der Waals surface area (Å²) in [5, 5.41) is 16.6. The van der Waals surface area contributed by atoms with Crippen molar-refractivity contribution < 1.29 is 4.92 Å². The van der Waals surface area contributed by atoms with Gasteiger partial charge in [0.05, 0.1) is 0 Å². The average molecular weight is 197 g/mol. The zero-order valence-electron chi connectivity index (χ0n) is 7.51. The molecular formula is C7H11N5O2. The predicted molar refractivity (Wildman–Crippen MR) is 50.0 cm³/mol. The van der Waals surface area contributed by atoms with Crippen LogP contribution < -0.4 is 10.6 Å². The number of nitrogens with one attached hydrogen (secondary N) is 1. The van der Waals surface area contributed by atoms with Gasteiger partial charge in [0.1, 0.15) is 6.20 Å². The molecule has 76 valence electrons. The number of anilines is 1. The maximum absolute atomic E-state index is 10.6. The van der Waals surface area contributed by atoms with Gasteiger partial charge >= 0.3 is 5.82 Å². The molecule has 3 N–H and O–H groups in total. The lowest BCUT2D eigenvalue weighted by Crippen LogP contribution is -2.26. The third kappa shape index (κ3) is 1.41. The van der Waals surface area contributed by atoms with Gasteiger partial charge in [-0.1, -0.05) is 5.10 Å². The third-order valence-corrected chi connectivity index (χ3v) is 2.35. The molecule has 2 rings (SSSR count). The number of nitrogens with two attached hydrogens (primary N) is 1. The fraction of sp³-hybridized carbons (Fsp3) is 0.571. The van der Waals surface area contributed by atoms with Crippen LogP contribution in [0.4, 0.5) is 11.5 Å². The first-order chi connectivity index (χ1) is 6.68. The molecule has 1 aromatic rings. The van der Waals surface area contributed by atoms with Crippen molar-refractivity contribution in [3.8, 4) is 0 Å². The molecule has 0 aromatic carbocycles. The van der Waals surface area contributed by atoms with E-state index in [2.05, 4.69) is 10.2 Å². The predicted octanol–water partition coefficient (Wildman–Crippen LogP) is -0.145. The van der Waals surface area contributed by atoms with E-state index in [0.29, 0.717) is 12.2 Å². The van der Waals surface area contributed by atoms with Crippen LogP contribution in [0.2, 0.25) is 0 Å². The van der Waals surface area contributed by atoms with E-state index >= 15 is 0 Å². The van der Waals surface area contributed by atoms with E-state index in [1.165, 1.54) is 6.20 Å². The number of aromatic amines is 1. The van der Waals surface area contributed by atoms with E-state index < -0.39 is 4.92 Å². The number of aromatic nitrogens is 2. The van der Waals surface area contributed by atoms with Gasteiger partial charge in [-0.25, -0.2) is 0 Å². The molecule has 1 fully saturated rings. The smallest absolute Gasteiger partial charge is 0.362 e. The quantitative estimate of drug-likeness (QED) is 0.507. The molecule has 1 saturated heterocycles. The lowest BCUT2D eigenvalue weighted by Gasteiger charge is -2.14. The van der Waals surface area contributed by atoms with E-state index in [9.17, 15) is 10.1 Å². The second kappa shape index (κ2) is 3.26. The molecule has 1 aliphatic heterocycles. The lowest BCUT2D eigenvalue weighted by atomic mass is 10.3. The van der Waals surface area contributed by atoms with Crippen LogP contribution in [0.3, 0.4) is 0 Å². The van der Waals surface area contributed by atoms with Crippen LogP contribution in [0.1, 0.15) is 6.42 Å². The van der Waals surface area contributed by atoms with E-state index in [0.717, 1.165) is 13.0 Å². The molecule has 0 radical (unpaired) electrons. The summed E-state index contributed by atoms with van der Waals surface area (Å²) >= 11 is 0. The van der Waals surface area contributed by atoms with Gasteiger partial charge in [0.15, 0.2) is 5.69 Å². The molecular weight excluding hydrogens is 186 g/mol. The van der Waals surface area contributed by atoms with Gasteiger partial charge in [0, 0.05) is 19.1 Å². The minimum absolute atomic E-state index is 0.0564. The summed E-state index contributed by atoms with van der Waals surface area (Å²) in [6.45, 7) is 1.40.